The topological polar surface area (TPSA) is 79.4 Å². The summed E-state index contributed by atoms with van der Waals surface area (Å²) in [5.41, 5.74) is 2.05. The fraction of sp³-hybridized carbons (Fsp3) is 0.368. The number of aromatic nitrogens is 1. The molecule has 1 N–H and O–H groups in total. The van der Waals surface area contributed by atoms with E-state index in [4.69, 9.17) is 0 Å². The molecule has 0 bridgehead atoms. The number of nitrogens with one attached hydrogen (secondary N) is 1. The normalized spacial score (nSPS) is 11.6. The van der Waals surface area contributed by atoms with Gasteiger partial charge < -0.3 is 4.90 Å². The van der Waals surface area contributed by atoms with Gasteiger partial charge in [0.1, 0.15) is 0 Å². The van der Waals surface area contributed by atoms with Gasteiger partial charge in [0.25, 0.3) is 5.91 Å². The van der Waals surface area contributed by atoms with Crippen molar-refractivity contribution in [2.45, 2.75) is 45.2 Å². The van der Waals surface area contributed by atoms with Crippen molar-refractivity contribution in [2.24, 2.45) is 0 Å². The number of aryl methyl sites for hydroxylation is 1. The van der Waals surface area contributed by atoms with Crippen molar-refractivity contribution in [3.63, 3.8) is 0 Å². The fourth-order valence-corrected chi connectivity index (χ4v) is 3.67. The first kappa shape index (κ1) is 20.1. The highest BCUT2D eigenvalue weighted by atomic mass is 32.2. The van der Waals surface area contributed by atoms with Crippen molar-refractivity contribution >= 4 is 15.9 Å². The molecule has 0 radical (unpaired) electrons. The van der Waals surface area contributed by atoms with Crippen LogP contribution in [0.2, 0.25) is 0 Å². The maximum absolute atomic E-state index is 13.1. The second kappa shape index (κ2) is 8.42. The minimum atomic E-state index is -3.62. The van der Waals surface area contributed by atoms with Crippen LogP contribution in [0.15, 0.2) is 47.6 Å². The highest BCUT2D eigenvalue weighted by Crippen LogP contribution is 2.20. The van der Waals surface area contributed by atoms with Gasteiger partial charge in [-0.15, -0.1) is 0 Å². The molecule has 0 aliphatic heterocycles. The van der Waals surface area contributed by atoms with Gasteiger partial charge in [0.15, 0.2) is 0 Å². The molecule has 0 saturated heterocycles. The quantitative estimate of drug-likeness (QED) is 0.807. The summed E-state index contributed by atoms with van der Waals surface area (Å²) in [7, 11) is -3.62. The summed E-state index contributed by atoms with van der Waals surface area (Å²) in [5, 5.41) is 0. The predicted molar refractivity (Wildman–Crippen MR) is 101 cm³/mol. The van der Waals surface area contributed by atoms with Crippen LogP contribution in [0.3, 0.4) is 0 Å². The monoisotopic (exact) mass is 375 g/mol. The summed E-state index contributed by atoms with van der Waals surface area (Å²) in [6.45, 7) is 8.09. The highest BCUT2D eigenvalue weighted by Gasteiger charge is 2.23. The van der Waals surface area contributed by atoms with Gasteiger partial charge in [-0.1, -0.05) is 19.1 Å². The van der Waals surface area contributed by atoms with Crippen molar-refractivity contribution in [1.82, 2.24) is 14.6 Å². The summed E-state index contributed by atoms with van der Waals surface area (Å²) >= 11 is 0. The lowest BCUT2D eigenvalue weighted by Crippen LogP contribution is -2.37. The van der Waals surface area contributed by atoms with Crippen LogP contribution in [-0.2, 0) is 16.6 Å². The average Bonchev–Trinajstić information content (AvgIpc) is 2.60. The summed E-state index contributed by atoms with van der Waals surface area (Å²) in [6.07, 6.45) is 3.41. The first-order valence-electron chi connectivity index (χ1n) is 8.56. The molecule has 0 spiro atoms. The summed E-state index contributed by atoms with van der Waals surface area (Å²) in [5.74, 6) is -0.199. The molecule has 0 fully saturated rings. The molecule has 7 heteroatoms. The van der Waals surface area contributed by atoms with Gasteiger partial charge in [-0.2, -0.15) is 0 Å². The number of carbonyl (C=O) groups is 1. The number of amides is 1. The van der Waals surface area contributed by atoms with E-state index in [2.05, 4.69) is 9.71 Å². The number of benzene rings is 1. The Morgan fingerprint density at radius 2 is 2.00 bits per heavy atom. The van der Waals surface area contributed by atoms with E-state index in [-0.39, 0.29) is 16.8 Å². The Morgan fingerprint density at radius 3 is 2.58 bits per heavy atom. The molecule has 2 aromatic rings. The van der Waals surface area contributed by atoms with Crippen LogP contribution in [0.1, 0.15) is 42.3 Å². The Kier molecular flexibility index (Phi) is 6.50. The van der Waals surface area contributed by atoms with Gasteiger partial charge in [-0.25, -0.2) is 13.1 Å². The van der Waals surface area contributed by atoms with Crippen molar-refractivity contribution < 1.29 is 13.2 Å². The maximum Gasteiger partial charge on any atom is 0.254 e. The molecule has 26 heavy (non-hydrogen) atoms. The lowest BCUT2D eigenvalue weighted by Gasteiger charge is -2.27. The van der Waals surface area contributed by atoms with Crippen molar-refractivity contribution in [1.29, 1.82) is 0 Å². The molecule has 1 heterocycles. The zero-order valence-electron chi connectivity index (χ0n) is 15.6. The third kappa shape index (κ3) is 4.68. The van der Waals surface area contributed by atoms with Crippen LogP contribution in [0.4, 0.5) is 0 Å². The molecule has 2 rings (SSSR count). The van der Waals surface area contributed by atoms with Crippen LogP contribution in [0.5, 0.6) is 0 Å². The van der Waals surface area contributed by atoms with Crippen molar-refractivity contribution in [3.8, 4) is 0 Å². The number of pyridine rings is 1. The molecular formula is C19H25N3O3S. The van der Waals surface area contributed by atoms with Gasteiger partial charge in [0.2, 0.25) is 10.0 Å². The zero-order chi connectivity index (χ0) is 19.3. The number of nitrogens with zero attached hydrogens (tertiary/aromatic N) is 2. The van der Waals surface area contributed by atoms with Crippen LogP contribution < -0.4 is 4.72 Å². The molecule has 6 nitrogen and oxygen atoms in total. The number of carbonyl (C=O) groups excluding carboxylic acids is 1. The Bertz CT molecular complexity index is 865. The summed E-state index contributed by atoms with van der Waals surface area (Å²) in [4.78, 5) is 19.0. The molecule has 1 amide bonds. The molecule has 1 aromatic carbocycles. The minimum Gasteiger partial charge on any atom is -0.332 e. The number of hydrogen-bond acceptors (Lipinski definition) is 4. The van der Waals surface area contributed by atoms with E-state index in [0.717, 1.165) is 11.1 Å². The second-order valence-electron chi connectivity index (χ2n) is 6.37. The Hall–Kier alpha value is -2.25. The average molecular weight is 375 g/mol. The largest absolute Gasteiger partial charge is 0.332 e. The van der Waals surface area contributed by atoms with Gasteiger partial charge in [0.05, 0.1) is 4.90 Å². The Morgan fingerprint density at radius 1 is 1.27 bits per heavy atom. The summed E-state index contributed by atoms with van der Waals surface area (Å²) in [6, 6.07) is 8.33. The van der Waals surface area contributed by atoms with E-state index in [1.54, 1.807) is 37.2 Å². The lowest BCUT2D eigenvalue weighted by atomic mass is 10.1. The standard InChI is InChI=1S/C19H25N3O3S/c1-5-21-26(24,25)17-9-8-15(4)18(11-17)19(23)22(14(2)3)13-16-7-6-10-20-12-16/h6-12,14,21H,5,13H2,1-4H3. The van der Waals surface area contributed by atoms with Crippen LogP contribution in [-0.4, -0.2) is 36.8 Å². The maximum atomic E-state index is 13.1. The van der Waals surface area contributed by atoms with Crippen LogP contribution >= 0.6 is 0 Å². The molecule has 0 saturated carbocycles. The fourth-order valence-electron chi connectivity index (χ4n) is 2.60. The number of sulfonamides is 1. The van der Waals surface area contributed by atoms with Gasteiger partial charge >= 0.3 is 0 Å². The van der Waals surface area contributed by atoms with Gasteiger partial charge in [0, 0.05) is 37.1 Å². The van der Waals surface area contributed by atoms with Crippen molar-refractivity contribution in [2.75, 3.05) is 6.54 Å². The molecular weight excluding hydrogens is 350 g/mol. The minimum absolute atomic E-state index is 0.0452. The molecule has 0 unspecified atom stereocenters. The van der Waals surface area contributed by atoms with E-state index in [9.17, 15) is 13.2 Å². The molecule has 140 valence electrons. The van der Waals surface area contributed by atoms with E-state index < -0.39 is 10.0 Å². The van der Waals surface area contributed by atoms with Crippen LogP contribution in [0, 0.1) is 6.92 Å². The van der Waals surface area contributed by atoms with E-state index in [1.165, 1.54) is 12.1 Å². The Labute approximate surface area is 155 Å². The zero-order valence-corrected chi connectivity index (χ0v) is 16.4. The lowest BCUT2D eigenvalue weighted by molar-refractivity contribution is 0.0689. The van der Waals surface area contributed by atoms with Gasteiger partial charge in [-0.3, -0.25) is 9.78 Å². The number of rotatable bonds is 7. The second-order valence-corrected chi connectivity index (χ2v) is 8.13. The van der Waals surface area contributed by atoms with Crippen molar-refractivity contribution in [3.05, 3.63) is 59.4 Å². The Balaban J connectivity index is 2.39. The molecule has 1 aromatic heterocycles. The van der Waals surface area contributed by atoms with E-state index in [0.29, 0.717) is 18.7 Å². The van der Waals surface area contributed by atoms with E-state index in [1.807, 2.05) is 26.0 Å². The molecule has 0 aliphatic rings. The first-order chi connectivity index (χ1) is 12.3. The third-order valence-electron chi connectivity index (χ3n) is 4.04. The van der Waals surface area contributed by atoms with Crippen LogP contribution in [0.25, 0.3) is 0 Å². The smallest absolute Gasteiger partial charge is 0.254 e. The van der Waals surface area contributed by atoms with E-state index >= 15 is 0 Å². The number of hydrogen-bond donors (Lipinski definition) is 1. The molecule has 0 atom stereocenters. The highest BCUT2D eigenvalue weighted by molar-refractivity contribution is 7.89. The first-order valence-corrected chi connectivity index (χ1v) is 10.0. The SMILES string of the molecule is CCNS(=O)(=O)c1ccc(C)c(C(=O)N(Cc2cccnc2)C(C)C)c1. The van der Waals surface area contributed by atoms with Gasteiger partial charge in [-0.05, 0) is 50.1 Å². The third-order valence-corrected chi connectivity index (χ3v) is 5.59. The summed E-state index contributed by atoms with van der Waals surface area (Å²) < 4.78 is 27.0. The predicted octanol–water partition coefficient (Wildman–Crippen LogP) is 2.74. The molecule has 0 aliphatic carbocycles.